The summed E-state index contributed by atoms with van der Waals surface area (Å²) in [5.74, 6) is -0.477. The van der Waals surface area contributed by atoms with Crippen LogP contribution in [0.1, 0.15) is 12.6 Å². The molecule has 1 aromatic heterocycles. The van der Waals surface area contributed by atoms with Gasteiger partial charge >= 0.3 is 5.97 Å². The predicted octanol–water partition coefficient (Wildman–Crippen LogP) is -0.0513. The second-order valence-corrected chi connectivity index (χ2v) is 2.29. The van der Waals surface area contributed by atoms with E-state index in [9.17, 15) is 10.0 Å². The molecular formula is C7H8N2O3. The van der Waals surface area contributed by atoms with Gasteiger partial charge in [-0.3, -0.25) is 4.79 Å². The number of hydrogen-bond donors (Lipinski definition) is 0. The first-order valence-corrected chi connectivity index (χ1v) is 3.34. The minimum absolute atomic E-state index is 0.0168. The Morgan fingerprint density at radius 3 is 2.92 bits per heavy atom. The normalized spacial score (nSPS) is 9.50. The van der Waals surface area contributed by atoms with Crippen LogP contribution < -0.4 is 9.47 Å². The first-order valence-electron chi connectivity index (χ1n) is 3.34. The number of esters is 1. The van der Waals surface area contributed by atoms with E-state index in [1.165, 1.54) is 13.1 Å². The van der Waals surface area contributed by atoms with Gasteiger partial charge < -0.3 is 9.94 Å². The van der Waals surface area contributed by atoms with Crippen molar-refractivity contribution < 1.29 is 14.3 Å². The molecule has 0 spiro atoms. The van der Waals surface area contributed by atoms with Crippen LogP contribution in [0.4, 0.5) is 0 Å². The molecule has 0 amide bonds. The average molecular weight is 168 g/mol. The maximum absolute atomic E-state index is 10.9. The van der Waals surface area contributed by atoms with Crippen molar-refractivity contribution in [2.24, 2.45) is 0 Å². The van der Waals surface area contributed by atoms with Crippen LogP contribution in [-0.4, -0.2) is 11.0 Å². The minimum Gasteiger partial charge on any atom is -0.618 e. The van der Waals surface area contributed by atoms with E-state index in [1.807, 2.05) is 0 Å². The highest BCUT2D eigenvalue weighted by atomic mass is 16.5. The van der Waals surface area contributed by atoms with E-state index < -0.39 is 5.97 Å². The fourth-order valence-corrected chi connectivity index (χ4v) is 0.649. The number of hydrogen-bond acceptors (Lipinski definition) is 4. The Morgan fingerprint density at radius 2 is 2.42 bits per heavy atom. The summed E-state index contributed by atoms with van der Waals surface area (Å²) in [6.45, 7) is 2.86. The molecule has 5 nitrogen and oxygen atoms in total. The van der Waals surface area contributed by atoms with E-state index in [2.05, 4.69) is 9.72 Å². The molecule has 5 heteroatoms. The van der Waals surface area contributed by atoms with Crippen LogP contribution in [0.3, 0.4) is 0 Å². The number of aromatic nitrogens is 2. The van der Waals surface area contributed by atoms with Crippen molar-refractivity contribution in [1.82, 2.24) is 4.98 Å². The molecule has 0 unspecified atom stereocenters. The van der Waals surface area contributed by atoms with Gasteiger partial charge in [0.1, 0.15) is 0 Å². The number of aryl methyl sites for hydroxylation is 1. The van der Waals surface area contributed by atoms with Gasteiger partial charge in [0, 0.05) is 13.8 Å². The lowest BCUT2D eigenvalue weighted by molar-refractivity contribution is -0.613. The molecular weight excluding hydrogens is 160 g/mol. The monoisotopic (exact) mass is 168 g/mol. The fraction of sp³-hybridized carbons (Fsp3) is 0.286. The van der Waals surface area contributed by atoms with E-state index in [1.54, 1.807) is 6.92 Å². The molecule has 0 aliphatic carbocycles. The zero-order chi connectivity index (χ0) is 9.14. The standard InChI is InChI=1S/C7H8N2O3/c1-5-3-8-7(4-9(5)11)12-6(2)10/h3-4H,1-2H3. The van der Waals surface area contributed by atoms with Crippen molar-refractivity contribution in [2.75, 3.05) is 0 Å². The van der Waals surface area contributed by atoms with Gasteiger partial charge in [-0.05, 0) is 0 Å². The number of ether oxygens (including phenoxy) is 1. The van der Waals surface area contributed by atoms with Gasteiger partial charge in [-0.1, -0.05) is 0 Å². The molecule has 0 fully saturated rings. The summed E-state index contributed by atoms with van der Waals surface area (Å²) in [6.07, 6.45) is 2.45. The molecule has 0 aliphatic rings. The second-order valence-electron chi connectivity index (χ2n) is 2.29. The average Bonchev–Trinajstić information content (AvgIpc) is 1.96. The lowest BCUT2D eigenvalue weighted by Crippen LogP contribution is -2.30. The Bertz CT molecular complexity index is 312. The van der Waals surface area contributed by atoms with Gasteiger partial charge in [0.25, 0.3) is 5.88 Å². The van der Waals surface area contributed by atoms with Crippen molar-refractivity contribution in [2.45, 2.75) is 13.8 Å². The third kappa shape index (κ3) is 1.91. The summed E-state index contributed by atoms with van der Waals surface area (Å²) in [5, 5.41) is 10.9. The molecule has 0 bridgehead atoms. The van der Waals surface area contributed by atoms with Gasteiger partial charge in [-0.15, -0.1) is 0 Å². The molecule has 0 N–H and O–H groups in total. The molecule has 0 aliphatic heterocycles. The third-order valence-electron chi connectivity index (χ3n) is 1.20. The SMILES string of the molecule is CC(=O)Oc1c[n+]([O-])c(C)cn1. The predicted molar refractivity (Wildman–Crippen MR) is 39.2 cm³/mol. The summed E-state index contributed by atoms with van der Waals surface area (Å²) in [6, 6.07) is 0. The van der Waals surface area contributed by atoms with Gasteiger partial charge in [0.05, 0.1) is 6.20 Å². The summed E-state index contributed by atoms with van der Waals surface area (Å²) in [5.41, 5.74) is 0.450. The van der Waals surface area contributed by atoms with Crippen molar-refractivity contribution in [1.29, 1.82) is 0 Å². The highest BCUT2D eigenvalue weighted by Gasteiger charge is 2.05. The summed E-state index contributed by atoms with van der Waals surface area (Å²) in [4.78, 5) is 14.2. The molecule has 64 valence electrons. The summed E-state index contributed by atoms with van der Waals surface area (Å²) in [7, 11) is 0. The Balaban J connectivity index is 2.89. The molecule has 1 rings (SSSR count). The lowest BCUT2D eigenvalue weighted by Gasteiger charge is -2.01. The van der Waals surface area contributed by atoms with E-state index >= 15 is 0 Å². The smallest absolute Gasteiger partial charge is 0.309 e. The van der Waals surface area contributed by atoms with Gasteiger partial charge in [-0.2, -0.15) is 4.73 Å². The Hall–Kier alpha value is -1.65. The topological polar surface area (TPSA) is 66.1 Å². The lowest BCUT2D eigenvalue weighted by atomic mass is 10.5. The highest BCUT2D eigenvalue weighted by molar-refractivity contribution is 5.68. The molecule has 0 saturated carbocycles. The van der Waals surface area contributed by atoms with E-state index in [4.69, 9.17) is 0 Å². The third-order valence-corrected chi connectivity index (χ3v) is 1.20. The number of rotatable bonds is 1. The Kier molecular flexibility index (Phi) is 2.23. The van der Waals surface area contributed by atoms with Crippen LogP contribution in [-0.2, 0) is 4.79 Å². The maximum atomic E-state index is 10.9. The van der Waals surface area contributed by atoms with Crippen LogP contribution in [0, 0.1) is 12.1 Å². The molecule has 1 aromatic rings. The first-order chi connectivity index (χ1) is 5.59. The molecule has 0 radical (unpaired) electrons. The molecule has 0 aromatic carbocycles. The zero-order valence-corrected chi connectivity index (χ0v) is 6.77. The highest BCUT2D eigenvalue weighted by Crippen LogP contribution is 2.01. The van der Waals surface area contributed by atoms with Gasteiger partial charge in [-0.25, -0.2) is 4.98 Å². The van der Waals surface area contributed by atoms with Crippen LogP contribution >= 0.6 is 0 Å². The zero-order valence-electron chi connectivity index (χ0n) is 6.77. The molecule has 0 saturated heterocycles. The quantitative estimate of drug-likeness (QED) is 0.335. The number of nitrogens with zero attached hydrogens (tertiary/aromatic N) is 2. The second kappa shape index (κ2) is 3.17. The molecule has 1 heterocycles. The van der Waals surface area contributed by atoms with Crippen LogP contribution in [0.25, 0.3) is 0 Å². The minimum atomic E-state index is -0.494. The van der Waals surface area contributed by atoms with Crippen LogP contribution in [0.5, 0.6) is 5.88 Å². The fourth-order valence-electron chi connectivity index (χ4n) is 0.649. The number of carbonyl (C=O) groups excluding carboxylic acids is 1. The summed E-state index contributed by atoms with van der Waals surface area (Å²) < 4.78 is 5.17. The van der Waals surface area contributed by atoms with Crippen LogP contribution in [0.15, 0.2) is 12.4 Å². The number of carbonyl (C=O) groups is 1. The largest absolute Gasteiger partial charge is 0.618 e. The van der Waals surface area contributed by atoms with E-state index in [0.29, 0.717) is 10.4 Å². The van der Waals surface area contributed by atoms with Crippen molar-refractivity contribution >= 4 is 5.97 Å². The Morgan fingerprint density at radius 1 is 1.75 bits per heavy atom. The van der Waals surface area contributed by atoms with Crippen molar-refractivity contribution in [3.05, 3.63) is 23.3 Å². The molecule has 0 atom stereocenters. The van der Waals surface area contributed by atoms with Crippen LogP contribution in [0.2, 0.25) is 0 Å². The van der Waals surface area contributed by atoms with Gasteiger partial charge in [0.2, 0.25) is 11.9 Å². The van der Waals surface area contributed by atoms with E-state index in [-0.39, 0.29) is 5.88 Å². The van der Waals surface area contributed by atoms with Gasteiger partial charge in [0.15, 0.2) is 0 Å². The van der Waals surface area contributed by atoms with Crippen molar-refractivity contribution in [3.8, 4) is 5.88 Å². The first kappa shape index (κ1) is 8.45. The molecule has 12 heavy (non-hydrogen) atoms. The van der Waals surface area contributed by atoms with E-state index in [0.717, 1.165) is 6.20 Å². The summed E-state index contributed by atoms with van der Waals surface area (Å²) >= 11 is 0. The Labute approximate surface area is 69.2 Å². The maximum Gasteiger partial charge on any atom is 0.309 e. The van der Waals surface area contributed by atoms with Crippen molar-refractivity contribution in [3.63, 3.8) is 0 Å².